The Bertz CT molecular complexity index is 611. The van der Waals surface area contributed by atoms with Crippen molar-refractivity contribution < 1.29 is 14.0 Å². The molecule has 0 saturated carbocycles. The molecule has 1 aromatic carbocycles. The molecule has 0 N–H and O–H groups in total. The van der Waals surface area contributed by atoms with Crippen LogP contribution in [0.2, 0.25) is 0 Å². The highest BCUT2D eigenvalue weighted by molar-refractivity contribution is 6.09. The number of carbonyl (C=O) groups is 2. The molecule has 0 aliphatic heterocycles. The second-order valence-electron chi connectivity index (χ2n) is 4.42. The molecule has 0 aliphatic rings. The summed E-state index contributed by atoms with van der Waals surface area (Å²) in [4.78, 5) is 24.4. The van der Waals surface area contributed by atoms with Crippen LogP contribution in [0.15, 0.2) is 34.7 Å². The van der Waals surface area contributed by atoms with Crippen LogP contribution in [0.3, 0.4) is 0 Å². The van der Waals surface area contributed by atoms with E-state index in [9.17, 15) is 9.59 Å². The van der Waals surface area contributed by atoms with E-state index >= 15 is 0 Å². The summed E-state index contributed by atoms with van der Waals surface area (Å²) < 4.78 is 5.36. The monoisotopic (exact) mass is 257 g/mol. The Morgan fingerprint density at radius 2 is 1.84 bits per heavy atom. The first kappa shape index (κ1) is 13.1. The summed E-state index contributed by atoms with van der Waals surface area (Å²) in [6, 6.07) is 8.63. The highest BCUT2D eigenvalue weighted by Crippen LogP contribution is 2.20. The van der Waals surface area contributed by atoms with E-state index in [-0.39, 0.29) is 5.78 Å². The zero-order valence-corrected chi connectivity index (χ0v) is 11.1. The van der Waals surface area contributed by atoms with Gasteiger partial charge < -0.3 is 9.32 Å². The molecule has 0 saturated heterocycles. The minimum atomic E-state index is -0.0744. The van der Waals surface area contributed by atoms with Crippen molar-refractivity contribution in [3.63, 3.8) is 0 Å². The normalized spacial score (nSPS) is 10.3. The molecule has 4 heteroatoms. The molecule has 0 aliphatic carbocycles. The van der Waals surface area contributed by atoms with Crippen molar-refractivity contribution in [2.75, 3.05) is 11.9 Å². The molecule has 2 aromatic rings. The number of ketones is 1. The van der Waals surface area contributed by atoms with Gasteiger partial charge in [-0.3, -0.25) is 9.59 Å². The summed E-state index contributed by atoms with van der Waals surface area (Å²) in [6.07, 6.45) is 0.723. The van der Waals surface area contributed by atoms with Gasteiger partial charge in [0.2, 0.25) is 6.41 Å². The van der Waals surface area contributed by atoms with E-state index in [4.69, 9.17) is 4.42 Å². The molecule has 4 nitrogen and oxygen atoms in total. The third kappa shape index (κ3) is 2.57. The number of anilines is 1. The van der Waals surface area contributed by atoms with Crippen LogP contribution in [0.4, 0.5) is 5.69 Å². The molecule has 0 radical (unpaired) electrons. The highest BCUT2D eigenvalue weighted by Gasteiger charge is 2.15. The van der Waals surface area contributed by atoms with Gasteiger partial charge in [0.25, 0.3) is 0 Å². The molecule has 19 heavy (non-hydrogen) atoms. The lowest BCUT2D eigenvalue weighted by Gasteiger charge is -2.10. The van der Waals surface area contributed by atoms with Crippen LogP contribution in [0.1, 0.15) is 27.4 Å². The molecule has 0 atom stereocenters. The number of hydrogen-bond acceptors (Lipinski definition) is 3. The van der Waals surface area contributed by atoms with Crippen molar-refractivity contribution in [3.8, 4) is 0 Å². The maximum Gasteiger partial charge on any atom is 0.213 e. The molecule has 0 bridgehead atoms. The van der Waals surface area contributed by atoms with E-state index in [1.54, 1.807) is 44.3 Å². The van der Waals surface area contributed by atoms with Gasteiger partial charge in [0.15, 0.2) is 5.78 Å². The maximum atomic E-state index is 12.3. The topological polar surface area (TPSA) is 50.5 Å². The van der Waals surface area contributed by atoms with Crippen LogP contribution in [0, 0.1) is 13.8 Å². The standard InChI is InChI=1S/C15H15NO3/c1-10-8-14(11(2)19-10)15(18)12-4-6-13(7-5-12)16(3)9-17/h4-9H,1-3H3. The minimum Gasteiger partial charge on any atom is -0.466 e. The molecular weight excluding hydrogens is 242 g/mol. The van der Waals surface area contributed by atoms with E-state index in [1.165, 1.54) is 4.90 Å². The van der Waals surface area contributed by atoms with Gasteiger partial charge in [-0.05, 0) is 44.2 Å². The number of amides is 1. The van der Waals surface area contributed by atoms with Gasteiger partial charge in [0.1, 0.15) is 11.5 Å². The Labute approximate surface area is 111 Å². The second kappa shape index (κ2) is 5.10. The predicted molar refractivity (Wildman–Crippen MR) is 72.5 cm³/mol. The van der Waals surface area contributed by atoms with Crippen LogP contribution in [0.25, 0.3) is 0 Å². The van der Waals surface area contributed by atoms with Crippen LogP contribution in [-0.2, 0) is 4.79 Å². The molecule has 0 unspecified atom stereocenters. The predicted octanol–water partition coefficient (Wildman–Crippen LogP) is 2.72. The number of nitrogens with zero attached hydrogens (tertiary/aromatic N) is 1. The van der Waals surface area contributed by atoms with Gasteiger partial charge in [-0.15, -0.1) is 0 Å². The Balaban J connectivity index is 2.30. The van der Waals surface area contributed by atoms with Gasteiger partial charge >= 0.3 is 0 Å². The summed E-state index contributed by atoms with van der Waals surface area (Å²) in [5, 5.41) is 0. The zero-order valence-electron chi connectivity index (χ0n) is 11.1. The molecule has 1 aromatic heterocycles. The highest BCUT2D eigenvalue weighted by atomic mass is 16.3. The number of furan rings is 1. The molecule has 0 spiro atoms. The molecule has 98 valence electrons. The van der Waals surface area contributed by atoms with Gasteiger partial charge in [-0.2, -0.15) is 0 Å². The molecular formula is C15H15NO3. The SMILES string of the molecule is Cc1cc(C(=O)c2ccc(N(C)C=O)cc2)c(C)o1. The third-order valence-corrected chi connectivity index (χ3v) is 2.98. The number of aryl methyl sites for hydroxylation is 2. The number of hydrogen-bond donors (Lipinski definition) is 0. The van der Waals surface area contributed by atoms with Crippen molar-refractivity contribution in [3.05, 3.63) is 53.0 Å². The Morgan fingerprint density at radius 3 is 2.32 bits per heavy atom. The number of rotatable bonds is 4. The lowest BCUT2D eigenvalue weighted by molar-refractivity contribution is -0.107. The first-order chi connectivity index (χ1) is 9.02. The van der Waals surface area contributed by atoms with E-state index in [0.29, 0.717) is 16.9 Å². The van der Waals surface area contributed by atoms with E-state index < -0.39 is 0 Å². The summed E-state index contributed by atoms with van der Waals surface area (Å²) in [5.74, 6) is 1.27. The fraction of sp³-hybridized carbons (Fsp3) is 0.200. The van der Waals surface area contributed by atoms with Gasteiger partial charge in [0.05, 0.1) is 5.56 Å². The average molecular weight is 257 g/mol. The Morgan fingerprint density at radius 1 is 1.21 bits per heavy atom. The molecule has 1 heterocycles. The van der Waals surface area contributed by atoms with E-state index in [2.05, 4.69) is 0 Å². The molecule has 0 fully saturated rings. The fourth-order valence-electron chi connectivity index (χ4n) is 1.92. The molecule has 2 rings (SSSR count). The fourth-order valence-corrected chi connectivity index (χ4v) is 1.92. The first-order valence-corrected chi connectivity index (χ1v) is 5.93. The second-order valence-corrected chi connectivity index (χ2v) is 4.42. The summed E-state index contributed by atoms with van der Waals surface area (Å²) in [6.45, 7) is 3.58. The van der Waals surface area contributed by atoms with Crippen LogP contribution in [-0.4, -0.2) is 19.2 Å². The first-order valence-electron chi connectivity index (χ1n) is 5.93. The van der Waals surface area contributed by atoms with E-state index in [1.807, 2.05) is 6.92 Å². The minimum absolute atomic E-state index is 0.0744. The van der Waals surface area contributed by atoms with Gasteiger partial charge in [-0.1, -0.05) is 0 Å². The maximum absolute atomic E-state index is 12.3. The lowest BCUT2D eigenvalue weighted by atomic mass is 10.0. The van der Waals surface area contributed by atoms with Crippen molar-refractivity contribution in [2.24, 2.45) is 0 Å². The summed E-state index contributed by atoms with van der Waals surface area (Å²) in [7, 11) is 1.66. The van der Waals surface area contributed by atoms with Crippen molar-refractivity contribution >= 4 is 17.9 Å². The number of carbonyl (C=O) groups excluding carboxylic acids is 2. The van der Waals surface area contributed by atoms with Crippen molar-refractivity contribution in [2.45, 2.75) is 13.8 Å². The lowest BCUT2D eigenvalue weighted by Crippen LogP contribution is -2.13. The van der Waals surface area contributed by atoms with Gasteiger partial charge in [0, 0.05) is 18.3 Å². The average Bonchev–Trinajstić information content (AvgIpc) is 2.76. The van der Waals surface area contributed by atoms with Crippen LogP contribution < -0.4 is 4.90 Å². The Hall–Kier alpha value is -2.36. The summed E-state index contributed by atoms with van der Waals surface area (Å²) in [5.41, 5.74) is 1.90. The van der Waals surface area contributed by atoms with Crippen LogP contribution >= 0.6 is 0 Å². The quantitative estimate of drug-likeness (QED) is 0.625. The number of benzene rings is 1. The van der Waals surface area contributed by atoms with Crippen LogP contribution in [0.5, 0.6) is 0 Å². The van der Waals surface area contributed by atoms with Crippen molar-refractivity contribution in [1.82, 2.24) is 0 Å². The Kier molecular flexibility index (Phi) is 3.51. The zero-order chi connectivity index (χ0) is 14.0. The smallest absolute Gasteiger partial charge is 0.213 e. The van der Waals surface area contributed by atoms with E-state index in [0.717, 1.165) is 17.9 Å². The summed E-state index contributed by atoms with van der Waals surface area (Å²) >= 11 is 0. The van der Waals surface area contributed by atoms with Gasteiger partial charge in [-0.25, -0.2) is 0 Å². The van der Waals surface area contributed by atoms with Crippen molar-refractivity contribution in [1.29, 1.82) is 0 Å². The molecule has 1 amide bonds. The largest absolute Gasteiger partial charge is 0.466 e. The third-order valence-electron chi connectivity index (χ3n) is 2.98.